The van der Waals surface area contributed by atoms with Gasteiger partial charge in [-0.25, -0.2) is 0 Å². The van der Waals surface area contributed by atoms with Crippen LogP contribution in [0.15, 0.2) is 18.2 Å². The number of hydrogen-bond acceptors (Lipinski definition) is 5. The van der Waals surface area contributed by atoms with Crippen molar-refractivity contribution in [3.63, 3.8) is 0 Å². The summed E-state index contributed by atoms with van der Waals surface area (Å²) in [5, 5.41) is 22.9. The SMILES string of the molecule is N#CC1(C(=O)Nc2ccc(Cl)cc2[N+](=O)[O-])CCOCC1. The Morgan fingerprint density at radius 2 is 2.14 bits per heavy atom. The monoisotopic (exact) mass is 309 g/mol. The van der Waals surface area contributed by atoms with Crippen LogP contribution in [-0.2, 0) is 9.53 Å². The van der Waals surface area contributed by atoms with Gasteiger partial charge in [-0.2, -0.15) is 5.26 Å². The maximum Gasteiger partial charge on any atom is 0.294 e. The van der Waals surface area contributed by atoms with E-state index < -0.39 is 16.2 Å². The van der Waals surface area contributed by atoms with Crippen LogP contribution in [0.5, 0.6) is 0 Å². The molecule has 0 atom stereocenters. The minimum absolute atomic E-state index is 0.0236. The Morgan fingerprint density at radius 1 is 1.48 bits per heavy atom. The molecule has 0 saturated carbocycles. The Balaban J connectivity index is 2.27. The topological polar surface area (TPSA) is 105 Å². The zero-order valence-electron chi connectivity index (χ0n) is 11.0. The first-order chi connectivity index (χ1) is 9.98. The van der Waals surface area contributed by atoms with E-state index in [4.69, 9.17) is 16.3 Å². The number of rotatable bonds is 3. The highest BCUT2D eigenvalue weighted by atomic mass is 35.5. The van der Waals surface area contributed by atoms with Gasteiger partial charge in [0.25, 0.3) is 5.69 Å². The quantitative estimate of drug-likeness (QED) is 0.682. The second-order valence-electron chi connectivity index (χ2n) is 4.68. The molecule has 110 valence electrons. The van der Waals surface area contributed by atoms with Crippen molar-refractivity contribution >= 4 is 28.9 Å². The smallest absolute Gasteiger partial charge is 0.294 e. The number of halogens is 1. The molecule has 1 aromatic rings. The van der Waals surface area contributed by atoms with Crippen LogP contribution >= 0.6 is 11.6 Å². The molecule has 0 unspecified atom stereocenters. The van der Waals surface area contributed by atoms with Crippen molar-refractivity contribution in [3.8, 4) is 6.07 Å². The van der Waals surface area contributed by atoms with Gasteiger partial charge in [0.15, 0.2) is 0 Å². The summed E-state index contributed by atoms with van der Waals surface area (Å²) in [5.41, 5.74) is -1.50. The molecule has 1 amide bonds. The van der Waals surface area contributed by atoms with Gasteiger partial charge in [-0.15, -0.1) is 0 Å². The number of nitriles is 1. The molecule has 0 aromatic heterocycles. The van der Waals surface area contributed by atoms with Gasteiger partial charge in [0.2, 0.25) is 5.91 Å². The number of carbonyl (C=O) groups is 1. The van der Waals surface area contributed by atoms with Crippen LogP contribution in [0.25, 0.3) is 0 Å². The first-order valence-electron chi connectivity index (χ1n) is 6.23. The van der Waals surface area contributed by atoms with Crippen LogP contribution in [0.2, 0.25) is 5.02 Å². The molecule has 1 N–H and O–H groups in total. The molecular formula is C13H12ClN3O4. The number of nitrogens with one attached hydrogen (secondary N) is 1. The van der Waals surface area contributed by atoms with E-state index >= 15 is 0 Å². The third kappa shape index (κ3) is 3.12. The molecule has 0 aliphatic carbocycles. The van der Waals surface area contributed by atoms with Gasteiger partial charge in [0.1, 0.15) is 11.1 Å². The molecule has 0 bridgehead atoms. The van der Waals surface area contributed by atoms with Crippen LogP contribution in [0.4, 0.5) is 11.4 Å². The first-order valence-corrected chi connectivity index (χ1v) is 6.61. The number of nitro benzene ring substituents is 1. The second kappa shape index (κ2) is 6.08. The normalized spacial score (nSPS) is 16.8. The number of nitro groups is 1. The lowest BCUT2D eigenvalue weighted by atomic mass is 9.81. The lowest BCUT2D eigenvalue weighted by Crippen LogP contribution is -2.40. The lowest BCUT2D eigenvalue weighted by molar-refractivity contribution is -0.383. The molecular weight excluding hydrogens is 298 g/mol. The summed E-state index contributed by atoms with van der Waals surface area (Å²) < 4.78 is 5.15. The zero-order chi connectivity index (χ0) is 15.5. The standard InChI is InChI=1S/C13H12ClN3O4/c14-9-1-2-10(11(7-9)17(19)20)16-12(18)13(8-15)3-5-21-6-4-13/h1-2,7H,3-6H2,(H,16,18). The van der Waals surface area contributed by atoms with Crippen molar-refractivity contribution in [2.24, 2.45) is 5.41 Å². The lowest BCUT2D eigenvalue weighted by Gasteiger charge is -2.29. The average Bonchev–Trinajstić information content (AvgIpc) is 2.49. The molecule has 1 aliphatic rings. The fraction of sp³-hybridized carbons (Fsp3) is 0.385. The number of benzene rings is 1. The van der Waals surface area contributed by atoms with E-state index in [0.29, 0.717) is 13.2 Å². The van der Waals surface area contributed by atoms with Crippen LogP contribution in [0, 0.1) is 26.9 Å². The molecule has 0 radical (unpaired) electrons. The predicted molar refractivity (Wildman–Crippen MR) is 74.8 cm³/mol. The molecule has 2 rings (SSSR count). The summed E-state index contributed by atoms with van der Waals surface area (Å²) in [4.78, 5) is 22.7. The zero-order valence-corrected chi connectivity index (χ0v) is 11.7. The summed E-state index contributed by atoms with van der Waals surface area (Å²) >= 11 is 5.71. The minimum atomic E-state index is -1.22. The highest BCUT2D eigenvalue weighted by Crippen LogP contribution is 2.34. The van der Waals surface area contributed by atoms with Crippen LogP contribution in [-0.4, -0.2) is 24.0 Å². The molecule has 0 spiro atoms. The van der Waals surface area contributed by atoms with E-state index in [-0.39, 0.29) is 29.2 Å². The van der Waals surface area contributed by atoms with Crippen molar-refractivity contribution in [2.75, 3.05) is 18.5 Å². The largest absolute Gasteiger partial charge is 0.381 e. The Morgan fingerprint density at radius 3 is 2.71 bits per heavy atom. The van der Waals surface area contributed by atoms with Crippen molar-refractivity contribution < 1.29 is 14.5 Å². The van der Waals surface area contributed by atoms with E-state index in [0.717, 1.165) is 6.07 Å². The van der Waals surface area contributed by atoms with Gasteiger partial charge in [0.05, 0.1) is 11.0 Å². The van der Waals surface area contributed by atoms with Gasteiger partial charge in [-0.3, -0.25) is 14.9 Å². The minimum Gasteiger partial charge on any atom is -0.381 e. The number of nitrogens with zero attached hydrogens (tertiary/aromatic N) is 2. The summed E-state index contributed by atoms with van der Waals surface area (Å²) in [5.74, 6) is -0.557. The van der Waals surface area contributed by atoms with Crippen molar-refractivity contribution in [1.82, 2.24) is 0 Å². The Kier molecular flexibility index (Phi) is 4.40. The number of anilines is 1. The van der Waals surface area contributed by atoms with E-state index in [1.54, 1.807) is 0 Å². The molecule has 1 heterocycles. The van der Waals surface area contributed by atoms with E-state index in [1.165, 1.54) is 12.1 Å². The number of carbonyl (C=O) groups excluding carboxylic acids is 1. The van der Waals surface area contributed by atoms with Crippen LogP contribution in [0.3, 0.4) is 0 Å². The number of amides is 1. The van der Waals surface area contributed by atoms with Crippen LogP contribution in [0.1, 0.15) is 12.8 Å². The highest BCUT2D eigenvalue weighted by Gasteiger charge is 2.41. The second-order valence-corrected chi connectivity index (χ2v) is 5.12. The van der Waals surface area contributed by atoms with Gasteiger partial charge >= 0.3 is 0 Å². The fourth-order valence-electron chi connectivity index (χ4n) is 2.11. The summed E-state index contributed by atoms with van der Waals surface area (Å²) in [6.45, 7) is 0.618. The van der Waals surface area contributed by atoms with E-state index in [2.05, 4.69) is 5.32 Å². The molecule has 1 saturated heterocycles. The number of hydrogen-bond donors (Lipinski definition) is 1. The highest BCUT2D eigenvalue weighted by molar-refractivity contribution is 6.31. The summed E-state index contributed by atoms with van der Waals surface area (Å²) in [7, 11) is 0. The average molecular weight is 310 g/mol. The van der Waals surface area contributed by atoms with Gasteiger partial charge in [-0.05, 0) is 25.0 Å². The first kappa shape index (κ1) is 15.2. The van der Waals surface area contributed by atoms with Gasteiger partial charge in [0, 0.05) is 24.3 Å². The molecule has 7 nitrogen and oxygen atoms in total. The molecule has 8 heteroatoms. The Bertz CT molecular complexity index is 620. The summed E-state index contributed by atoms with van der Waals surface area (Å²) in [6.07, 6.45) is 0.521. The van der Waals surface area contributed by atoms with E-state index in [9.17, 15) is 20.2 Å². The van der Waals surface area contributed by atoms with Crippen molar-refractivity contribution in [3.05, 3.63) is 33.3 Å². The van der Waals surface area contributed by atoms with Crippen molar-refractivity contribution in [1.29, 1.82) is 5.26 Å². The molecule has 1 fully saturated rings. The molecule has 1 aromatic carbocycles. The third-order valence-electron chi connectivity index (χ3n) is 3.40. The predicted octanol–water partition coefficient (Wildman–Crippen LogP) is 2.51. The van der Waals surface area contributed by atoms with Gasteiger partial charge < -0.3 is 10.1 Å². The van der Waals surface area contributed by atoms with Crippen LogP contribution < -0.4 is 5.32 Å². The Hall–Kier alpha value is -2.17. The fourth-order valence-corrected chi connectivity index (χ4v) is 2.28. The van der Waals surface area contributed by atoms with Gasteiger partial charge in [-0.1, -0.05) is 11.6 Å². The van der Waals surface area contributed by atoms with E-state index in [1.807, 2.05) is 6.07 Å². The maximum absolute atomic E-state index is 12.3. The number of ether oxygens (including phenoxy) is 1. The Labute approximate surface area is 125 Å². The maximum atomic E-state index is 12.3. The molecule has 21 heavy (non-hydrogen) atoms. The summed E-state index contributed by atoms with van der Waals surface area (Å²) in [6, 6.07) is 5.95. The van der Waals surface area contributed by atoms with Crippen molar-refractivity contribution in [2.45, 2.75) is 12.8 Å². The third-order valence-corrected chi connectivity index (χ3v) is 3.63. The molecule has 1 aliphatic heterocycles.